The van der Waals surface area contributed by atoms with E-state index in [9.17, 15) is 4.79 Å². The van der Waals surface area contributed by atoms with Crippen molar-refractivity contribution in [3.8, 4) is 0 Å². The summed E-state index contributed by atoms with van der Waals surface area (Å²) in [6.45, 7) is 11.2. The van der Waals surface area contributed by atoms with E-state index in [4.69, 9.17) is 4.74 Å². The minimum Gasteiger partial charge on any atom is -0.444 e. The van der Waals surface area contributed by atoms with E-state index in [1.165, 1.54) is 0 Å². The van der Waals surface area contributed by atoms with Crippen LogP contribution in [0.4, 0.5) is 4.79 Å². The SMILES string of the molecule is [CH2][C@@H](CC)NC(=O)OC(C)(C)C. The Morgan fingerprint density at radius 2 is 2.08 bits per heavy atom. The smallest absolute Gasteiger partial charge is 0.407 e. The first-order valence-electron chi connectivity index (χ1n) is 4.17. The van der Waals surface area contributed by atoms with E-state index in [2.05, 4.69) is 12.2 Å². The van der Waals surface area contributed by atoms with Crippen molar-refractivity contribution in [1.29, 1.82) is 0 Å². The first-order chi connectivity index (χ1) is 5.35. The standard InChI is InChI=1S/C9H18NO2/c1-6-7(2)10-8(11)12-9(3,4)5/h7H,2,6H2,1,3-5H3,(H,10,11)/t7-/m0/s1. The molecule has 1 atom stereocenters. The summed E-state index contributed by atoms with van der Waals surface area (Å²) >= 11 is 0. The van der Waals surface area contributed by atoms with Crippen molar-refractivity contribution in [3.05, 3.63) is 6.92 Å². The molecule has 0 rings (SSSR count). The summed E-state index contributed by atoms with van der Waals surface area (Å²) in [5, 5.41) is 2.61. The molecule has 0 unspecified atom stereocenters. The van der Waals surface area contributed by atoms with Crippen molar-refractivity contribution in [2.75, 3.05) is 0 Å². The van der Waals surface area contributed by atoms with Crippen molar-refractivity contribution < 1.29 is 9.53 Å². The van der Waals surface area contributed by atoms with Crippen LogP contribution in [0.3, 0.4) is 0 Å². The second-order valence-electron chi connectivity index (χ2n) is 3.75. The highest BCUT2D eigenvalue weighted by atomic mass is 16.6. The molecule has 71 valence electrons. The number of alkyl carbamates (subject to hydrolysis) is 1. The molecule has 0 spiro atoms. The van der Waals surface area contributed by atoms with E-state index in [-0.39, 0.29) is 6.04 Å². The van der Waals surface area contributed by atoms with Gasteiger partial charge in [-0.1, -0.05) is 6.92 Å². The van der Waals surface area contributed by atoms with Gasteiger partial charge in [0.05, 0.1) is 0 Å². The van der Waals surface area contributed by atoms with Gasteiger partial charge >= 0.3 is 6.09 Å². The third kappa shape index (κ3) is 6.01. The lowest BCUT2D eigenvalue weighted by Gasteiger charge is -2.21. The van der Waals surface area contributed by atoms with E-state index in [0.717, 1.165) is 6.42 Å². The van der Waals surface area contributed by atoms with Crippen molar-refractivity contribution in [1.82, 2.24) is 5.32 Å². The number of amides is 1. The molecule has 0 saturated heterocycles. The average Bonchev–Trinajstić information content (AvgIpc) is 1.82. The third-order valence-corrected chi connectivity index (χ3v) is 1.21. The van der Waals surface area contributed by atoms with Crippen LogP contribution in [0.15, 0.2) is 0 Å². The fraction of sp³-hybridized carbons (Fsp3) is 0.778. The Bertz CT molecular complexity index is 149. The molecule has 12 heavy (non-hydrogen) atoms. The zero-order valence-electron chi connectivity index (χ0n) is 8.31. The first kappa shape index (κ1) is 11.3. The number of hydrogen-bond donors (Lipinski definition) is 1. The lowest BCUT2D eigenvalue weighted by atomic mass is 10.2. The van der Waals surface area contributed by atoms with Gasteiger partial charge in [-0.05, 0) is 34.1 Å². The van der Waals surface area contributed by atoms with Gasteiger partial charge in [0.1, 0.15) is 5.60 Å². The Hall–Kier alpha value is -0.730. The molecule has 3 heteroatoms. The average molecular weight is 172 g/mol. The Morgan fingerprint density at radius 3 is 2.42 bits per heavy atom. The molecular formula is C9H18NO2. The highest BCUT2D eigenvalue weighted by molar-refractivity contribution is 5.68. The molecule has 0 bridgehead atoms. The minimum atomic E-state index is -0.433. The maximum Gasteiger partial charge on any atom is 0.407 e. The van der Waals surface area contributed by atoms with Crippen LogP contribution in [-0.2, 0) is 4.74 Å². The van der Waals surface area contributed by atoms with Crippen LogP contribution in [0, 0.1) is 6.92 Å². The first-order valence-corrected chi connectivity index (χ1v) is 4.17. The molecule has 1 radical (unpaired) electrons. The molecule has 0 aliphatic rings. The fourth-order valence-electron chi connectivity index (χ4n) is 0.576. The van der Waals surface area contributed by atoms with Gasteiger partial charge in [-0.3, -0.25) is 0 Å². The van der Waals surface area contributed by atoms with Crippen molar-refractivity contribution >= 4 is 6.09 Å². The number of hydrogen-bond acceptors (Lipinski definition) is 2. The second-order valence-corrected chi connectivity index (χ2v) is 3.75. The lowest BCUT2D eigenvalue weighted by molar-refractivity contribution is 0.0513. The maximum atomic E-state index is 11.1. The number of rotatable bonds is 2. The molecule has 0 fully saturated rings. The molecule has 0 aromatic rings. The van der Waals surface area contributed by atoms with Crippen LogP contribution >= 0.6 is 0 Å². The summed E-state index contributed by atoms with van der Waals surface area (Å²) in [5.74, 6) is 0. The van der Waals surface area contributed by atoms with Gasteiger partial charge in [-0.15, -0.1) is 0 Å². The molecule has 0 aromatic heterocycles. The highest BCUT2D eigenvalue weighted by Crippen LogP contribution is 2.06. The summed E-state index contributed by atoms with van der Waals surface area (Å²) in [4.78, 5) is 11.1. The van der Waals surface area contributed by atoms with Crippen molar-refractivity contribution in [2.45, 2.75) is 45.8 Å². The van der Waals surface area contributed by atoms with Gasteiger partial charge in [-0.25, -0.2) is 4.79 Å². The van der Waals surface area contributed by atoms with Crippen LogP contribution in [0.1, 0.15) is 34.1 Å². The number of carbonyl (C=O) groups is 1. The normalized spacial score (nSPS) is 13.8. The predicted molar refractivity (Wildman–Crippen MR) is 48.8 cm³/mol. The van der Waals surface area contributed by atoms with Gasteiger partial charge in [0.15, 0.2) is 0 Å². The molecule has 0 aliphatic carbocycles. The highest BCUT2D eigenvalue weighted by Gasteiger charge is 2.16. The largest absolute Gasteiger partial charge is 0.444 e. The quantitative estimate of drug-likeness (QED) is 0.693. The maximum absolute atomic E-state index is 11.1. The van der Waals surface area contributed by atoms with Gasteiger partial charge in [0, 0.05) is 6.04 Å². The molecule has 0 heterocycles. The number of ether oxygens (including phenoxy) is 1. The Kier molecular flexibility index (Phi) is 4.07. The summed E-state index contributed by atoms with van der Waals surface area (Å²) in [7, 11) is 0. The molecule has 3 nitrogen and oxygen atoms in total. The molecule has 1 amide bonds. The van der Waals surface area contributed by atoms with Gasteiger partial charge in [0.2, 0.25) is 0 Å². The summed E-state index contributed by atoms with van der Waals surface area (Å²) in [6, 6.07) is -0.0696. The van der Waals surface area contributed by atoms with Gasteiger partial charge in [-0.2, -0.15) is 0 Å². The van der Waals surface area contributed by atoms with E-state index < -0.39 is 11.7 Å². The van der Waals surface area contributed by atoms with Crippen LogP contribution in [0.2, 0.25) is 0 Å². The Balaban J connectivity index is 3.75. The Morgan fingerprint density at radius 1 is 1.58 bits per heavy atom. The van der Waals surface area contributed by atoms with Crippen molar-refractivity contribution in [3.63, 3.8) is 0 Å². The van der Waals surface area contributed by atoms with Gasteiger partial charge in [0.25, 0.3) is 0 Å². The zero-order valence-corrected chi connectivity index (χ0v) is 8.31. The molecule has 0 saturated carbocycles. The predicted octanol–water partition coefficient (Wildman–Crippen LogP) is 2.12. The van der Waals surface area contributed by atoms with Crippen LogP contribution in [0.25, 0.3) is 0 Å². The van der Waals surface area contributed by atoms with Crippen LogP contribution in [0.5, 0.6) is 0 Å². The molecule has 0 aromatic carbocycles. The second kappa shape index (κ2) is 4.33. The van der Waals surface area contributed by atoms with Crippen LogP contribution in [-0.4, -0.2) is 17.7 Å². The Labute approximate surface area is 74.5 Å². The summed E-state index contributed by atoms with van der Waals surface area (Å²) in [5.41, 5.74) is -0.433. The van der Waals surface area contributed by atoms with E-state index in [0.29, 0.717) is 0 Å². The summed E-state index contributed by atoms with van der Waals surface area (Å²) in [6.07, 6.45) is 0.406. The third-order valence-electron chi connectivity index (χ3n) is 1.21. The minimum absolute atomic E-state index is 0.0696. The van der Waals surface area contributed by atoms with E-state index in [1.54, 1.807) is 0 Å². The lowest BCUT2D eigenvalue weighted by Crippen LogP contribution is -2.37. The number of carbonyl (C=O) groups excluding carboxylic acids is 1. The fourth-order valence-corrected chi connectivity index (χ4v) is 0.576. The molecular weight excluding hydrogens is 154 g/mol. The van der Waals surface area contributed by atoms with E-state index in [1.807, 2.05) is 27.7 Å². The zero-order chi connectivity index (χ0) is 9.78. The molecule has 0 aliphatic heterocycles. The topological polar surface area (TPSA) is 38.3 Å². The van der Waals surface area contributed by atoms with Crippen LogP contribution < -0.4 is 5.32 Å². The summed E-state index contributed by atoms with van der Waals surface area (Å²) < 4.78 is 5.02. The van der Waals surface area contributed by atoms with Crippen molar-refractivity contribution in [2.24, 2.45) is 0 Å². The molecule has 1 N–H and O–H groups in total. The number of nitrogens with one attached hydrogen (secondary N) is 1. The van der Waals surface area contributed by atoms with Gasteiger partial charge < -0.3 is 10.1 Å². The van der Waals surface area contributed by atoms with E-state index >= 15 is 0 Å². The monoisotopic (exact) mass is 172 g/mol.